The van der Waals surface area contributed by atoms with Gasteiger partial charge in [0.15, 0.2) is 0 Å². The van der Waals surface area contributed by atoms with Gasteiger partial charge in [-0.05, 0) is 31.0 Å². The van der Waals surface area contributed by atoms with Crippen molar-refractivity contribution in [1.82, 2.24) is 0 Å². The first-order valence-electron chi connectivity index (χ1n) is 3.38. The molecular formula is C9H9IO. The number of carbonyl (C=O) groups excluding carboxylic acids is 1. The Labute approximate surface area is 79.9 Å². The SMILES string of the molecule is Cc1ccc(C(=O)I)cc1C. The van der Waals surface area contributed by atoms with E-state index in [1.165, 1.54) is 11.1 Å². The molecule has 0 saturated carbocycles. The summed E-state index contributed by atoms with van der Waals surface area (Å²) < 4.78 is 0.103. The molecule has 0 fully saturated rings. The Kier molecular flexibility index (Phi) is 2.65. The van der Waals surface area contributed by atoms with Gasteiger partial charge in [0.1, 0.15) is 0 Å². The minimum absolute atomic E-state index is 0.103. The van der Waals surface area contributed by atoms with Crippen molar-refractivity contribution >= 4 is 26.4 Å². The fraction of sp³-hybridized carbons (Fsp3) is 0.222. The highest BCUT2D eigenvalue weighted by Gasteiger charge is 2.00. The number of aryl methyl sites for hydroxylation is 2. The number of halogens is 1. The van der Waals surface area contributed by atoms with Crippen LogP contribution in [-0.4, -0.2) is 3.79 Å². The van der Waals surface area contributed by atoms with Gasteiger partial charge in [-0.2, -0.15) is 0 Å². The first kappa shape index (κ1) is 8.71. The molecular weight excluding hydrogens is 251 g/mol. The summed E-state index contributed by atoms with van der Waals surface area (Å²) in [6.07, 6.45) is 0. The molecule has 11 heavy (non-hydrogen) atoms. The summed E-state index contributed by atoms with van der Waals surface area (Å²) in [5.74, 6) is 0. The van der Waals surface area contributed by atoms with Gasteiger partial charge in [0, 0.05) is 28.2 Å². The molecule has 0 radical (unpaired) electrons. The molecule has 1 aromatic carbocycles. The minimum Gasteiger partial charge on any atom is -0.282 e. The Morgan fingerprint density at radius 3 is 2.36 bits per heavy atom. The van der Waals surface area contributed by atoms with Gasteiger partial charge < -0.3 is 0 Å². The van der Waals surface area contributed by atoms with Crippen LogP contribution >= 0.6 is 22.6 Å². The van der Waals surface area contributed by atoms with Crippen LogP contribution in [0.2, 0.25) is 0 Å². The monoisotopic (exact) mass is 260 g/mol. The first-order chi connectivity index (χ1) is 5.11. The maximum absolute atomic E-state index is 10.9. The number of benzene rings is 1. The molecule has 0 heterocycles. The van der Waals surface area contributed by atoms with E-state index in [9.17, 15) is 4.79 Å². The zero-order valence-electron chi connectivity index (χ0n) is 6.52. The molecule has 1 nitrogen and oxygen atoms in total. The molecule has 2 heteroatoms. The van der Waals surface area contributed by atoms with Crippen molar-refractivity contribution in [2.24, 2.45) is 0 Å². The van der Waals surface area contributed by atoms with Crippen LogP contribution in [0.1, 0.15) is 21.5 Å². The van der Waals surface area contributed by atoms with Crippen LogP contribution in [0.15, 0.2) is 18.2 Å². The lowest BCUT2D eigenvalue weighted by atomic mass is 10.1. The zero-order chi connectivity index (χ0) is 8.43. The molecule has 0 N–H and O–H groups in total. The molecule has 0 amide bonds. The lowest BCUT2D eigenvalue weighted by molar-refractivity contribution is 0.110. The highest BCUT2D eigenvalue weighted by molar-refractivity contribution is 14.1. The topological polar surface area (TPSA) is 17.1 Å². The molecule has 0 bridgehead atoms. The van der Waals surface area contributed by atoms with E-state index in [0.717, 1.165) is 5.56 Å². The van der Waals surface area contributed by atoms with Gasteiger partial charge in [-0.3, -0.25) is 4.79 Å². The second-order valence-corrected chi connectivity index (χ2v) is 3.55. The molecule has 0 aliphatic carbocycles. The number of hydrogen-bond donors (Lipinski definition) is 0. The largest absolute Gasteiger partial charge is 0.282 e. The van der Waals surface area contributed by atoms with Gasteiger partial charge in [-0.25, -0.2) is 0 Å². The molecule has 1 aromatic rings. The van der Waals surface area contributed by atoms with Gasteiger partial charge in [0.2, 0.25) is 3.79 Å². The van der Waals surface area contributed by atoms with E-state index >= 15 is 0 Å². The Morgan fingerprint density at radius 2 is 1.91 bits per heavy atom. The molecule has 0 spiro atoms. The second-order valence-electron chi connectivity index (χ2n) is 2.57. The van der Waals surface area contributed by atoms with E-state index in [0.29, 0.717) is 0 Å². The molecule has 0 unspecified atom stereocenters. The second kappa shape index (κ2) is 3.34. The van der Waals surface area contributed by atoms with Crippen LogP contribution in [0.4, 0.5) is 0 Å². The molecule has 58 valence electrons. The van der Waals surface area contributed by atoms with Crippen molar-refractivity contribution in [2.75, 3.05) is 0 Å². The van der Waals surface area contributed by atoms with Crippen LogP contribution < -0.4 is 0 Å². The molecule has 0 aliphatic heterocycles. The Balaban J connectivity index is 3.15. The van der Waals surface area contributed by atoms with Crippen LogP contribution in [0, 0.1) is 13.8 Å². The Morgan fingerprint density at radius 1 is 1.27 bits per heavy atom. The van der Waals surface area contributed by atoms with E-state index in [4.69, 9.17) is 0 Å². The fourth-order valence-electron chi connectivity index (χ4n) is 0.864. The molecule has 0 aromatic heterocycles. The minimum atomic E-state index is 0.103. The third-order valence-corrected chi connectivity index (χ3v) is 2.36. The average molecular weight is 260 g/mol. The van der Waals surface area contributed by atoms with Crippen molar-refractivity contribution in [2.45, 2.75) is 13.8 Å². The van der Waals surface area contributed by atoms with Gasteiger partial charge in [0.05, 0.1) is 0 Å². The standard InChI is InChI=1S/C9H9IO/c1-6-3-4-8(9(10)11)5-7(6)2/h3-5H,1-2H3. The van der Waals surface area contributed by atoms with Crippen molar-refractivity contribution in [1.29, 1.82) is 0 Å². The van der Waals surface area contributed by atoms with E-state index in [-0.39, 0.29) is 3.79 Å². The highest BCUT2D eigenvalue weighted by atomic mass is 127. The van der Waals surface area contributed by atoms with Gasteiger partial charge in [-0.1, -0.05) is 12.1 Å². The predicted molar refractivity (Wildman–Crippen MR) is 54.3 cm³/mol. The fourth-order valence-corrected chi connectivity index (χ4v) is 1.20. The normalized spacial score (nSPS) is 9.73. The van der Waals surface area contributed by atoms with Gasteiger partial charge in [0.25, 0.3) is 0 Å². The number of carbonyl (C=O) groups is 1. The molecule has 0 aliphatic rings. The summed E-state index contributed by atoms with van der Waals surface area (Å²) in [5.41, 5.74) is 3.19. The van der Waals surface area contributed by atoms with E-state index in [2.05, 4.69) is 0 Å². The van der Waals surface area contributed by atoms with E-state index in [1.54, 1.807) is 22.6 Å². The average Bonchev–Trinajstić information content (AvgIpc) is 1.94. The third kappa shape index (κ3) is 2.02. The Bertz CT molecular complexity index is 292. The predicted octanol–water partition coefficient (Wildman–Crippen LogP) is 2.88. The van der Waals surface area contributed by atoms with Crippen LogP contribution in [0.5, 0.6) is 0 Å². The van der Waals surface area contributed by atoms with E-state index < -0.39 is 0 Å². The lowest BCUT2D eigenvalue weighted by Gasteiger charge is -1.99. The maximum atomic E-state index is 10.9. The van der Waals surface area contributed by atoms with Crippen LogP contribution in [0.25, 0.3) is 0 Å². The highest BCUT2D eigenvalue weighted by Crippen LogP contribution is 2.12. The van der Waals surface area contributed by atoms with Crippen molar-refractivity contribution in [3.63, 3.8) is 0 Å². The number of hydrogen-bond acceptors (Lipinski definition) is 1. The maximum Gasteiger partial charge on any atom is 0.222 e. The summed E-state index contributed by atoms with van der Waals surface area (Å²) in [4.78, 5) is 10.9. The zero-order valence-corrected chi connectivity index (χ0v) is 8.68. The molecule has 0 atom stereocenters. The van der Waals surface area contributed by atoms with Gasteiger partial charge >= 0.3 is 0 Å². The van der Waals surface area contributed by atoms with Crippen molar-refractivity contribution in [3.05, 3.63) is 34.9 Å². The van der Waals surface area contributed by atoms with Crippen molar-refractivity contribution in [3.8, 4) is 0 Å². The molecule has 0 saturated heterocycles. The smallest absolute Gasteiger partial charge is 0.222 e. The van der Waals surface area contributed by atoms with Crippen LogP contribution in [0.3, 0.4) is 0 Å². The Hall–Kier alpha value is -0.380. The van der Waals surface area contributed by atoms with Crippen molar-refractivity contribution < 1.29 is 4.79 Å². The van der Waals surface area contributed by atoms with Gasteiger partial charge in [-0.15, -0.1) is 0 Å². The summed E-state index contributed by atoms with van der Waals surface area (Å²) in [5, 5.41) is 0. The lowest BCUT2D eigenvalue weighted by Crippen LogP contribution is -1.89. The summed E-state index contributed by atoms with van der Waals surface area (Å²) in [6.45, 7) is 4.05. The summed E-state index contributed by atoms with van der Waals surface area (Å²) in [7, 11) is 0. The quantitative estimate of drug-likeness (QED) is 0.560. The van der Waals surface area contributed by atoms with E-state index in [1.807, 2.05) is 32.0 Å². The van der Waals surface area contributed by atoms with Crippen LogP contribution in [-0.2, 0) is 0 Å². The molecule has 1 rings (SSSR count). The first-order valence-corrected chi connectivity index (χ1v) is 4.46. The number of rotatable bonds is 1. The third-order valence-electron chi connectivity index (χ3n) is 1.73. The summed E-state index contributed by atoms with van der Waals surface area (Å²) in [6, 6.07) is 5.75. The summed E-state index contributed by atoms with van der Waals surface area (Å²) >= 11 is 1.80.